The minimum absolute atomic E-state index is 0.518. The number of benzene rings is 1. The van der Waals surface area contributed by atoms with E-state index in [0.29, 0.717) is 12.1 Å². The van der Waals surface area contributed by atoms with Gasteiger partial charge in [-0.3, -0.25) is 4.90 Å². The van der Waals surface area contributed by atoms with E-state index in [2.05, 4.69) is 49.9 Å². The van der Waals surface area contributed by atoms with Crippen LogP contribution in [0.2, 0.25) is 5.02 Å². The summed E-state index contributed by atoms with van der Waals surface area (Å²) >= 11 is 5.99. The SMILES string of the molecule is CC[C@H](c1ccc(Cl)cc1)N1C[C@@H](N(C)C)[C@@H](C)C1. The third kappa shape index (κ3) is 3.31. The van der Waals surface area contributed by atoms with Crippen LogP contribution in [0.25, 0.3) is 0 Å². The molecule has 2 rings (SSSR count). The van der Waals surface area contributed by atoms with Crippen molar-refractivity contribution in [3.05, 3.63) is 34.9 Å². The monoisotopic (exact) mass is 280 g/mol. The molecule has 3 atom stereocenters. The lowest BCUT2D eigenvalue weighted by Crippen LogP contribution is -2.35. The Morgan fingerprint density at radius 1 is 1.26 bits per heavy atom. The van der Waals surface area contributed by atoms with E-state index in [0.717, 1.165) is 23.9 Å². The Kier molecular flexibility index (Phi) is 4.88. The summed E-state index contributed by atoms with van der Waals surface area (Å²) < 4.78 is 0. The van der Waals surface area contributed by atoms with Gasteiger partial charge < -0.3 is 4.90 Å². The molecule has 1 aliphatic rings. The normalized spacial score (nSPS) is 26.0. The van der Waals surface area contributed by atoms with Crippen LogP contribution in [0.3, 0.4) is 0 Å². The smallest absolute Gasteiger partial charge is 0.0406 e. The maximum absolute atomic E-state index is 5.99. The van der Waals surface area contributed by atoms with Crippen LogP contribution in [0.15, 0.2) is 24.3 Å². The van der Waals surface area contributed by atoms with Crippen LogP contribution in [0.1, 0.15) is 31.9 Å². The lowest BCUT2D eigenvalue weighted by Gasteiger charge is -2.28. The van der Waals surface area contributed by atoms with Crippen molar-refractivity contribution in [2.75, 3.05) is 27.2 Å². The zero-order chi connectivity index (χ0) is 14.0. The molecule has 19 heavy (non-hydrogen) atoms. The Morgan fingerprint density at radius 2 is 1.89 bits per heavy atom. The molecule has 0 aliphatic carbocycles. The van der Waals surface area contributed by atoms with Crippen molar-refractivity contribution in [2.24, 2.45) is 5.92 Å². The molecule has 1 aromatic carbocycles. The quantitative estimate of drug-likeness (QED) is 0.830. The predicted molar refractivity (Wildman–Crippen MR) is 82.7 cm³/mol. The Balaban J connectivity index is 2.13. The van der Waals surface area contributed by atoms with Crippen molar-refractivity contribution in [3.63, 3.8) is 0 Å². The van der Waals surface area contributed by atoms with Gasteiger partial charge in [0, 0.05) is 30.2 Å². The van der Waals surface area contributed by atoms with Gasteiger partial charge in [-0.25, -0.2) is 0 Å². The van der Waals surface area contributed by atoms with Crippen molar-refractivity contribution in [2.45, 2.75) is 32.4 Å². The molecule has 0 amide bonds. The lowest BCUT2D eigenvalue weighted by atomic mass is 10.0. The Morgan fingerprint density at radius 3 is 2.37 bits per heavy atom. The van der Waals surface area contributed by atoms with Crippen LogP contribution >= 0.6 is 11.6 Å². The number of rotatable bonds is 4. The molecule has 0 radical (unpaired) electrons. The number of likely N-dealkylation sites (N-methyl/N-ethyl adjacent to an activating group) is 1. The number of nitrogens with zero attached hydrogens (tertiary/aromatic N) is 2. The number of hydrogen-bond donors (Lipinski definition) is 0. The largest absolute Gasteiger partial charge is 0.305 e. The molecule has 0 N–H and O–H groups in total. The number of hydrogen-bond acceptors (Lipinski definition) is 2. The van der Waals surface area contributed by atoms with Gasteiger partial charge in [-0.15, -0.1) is 0 Å². The molecule has 1 saturated heterocycles. The van der Waals surface area contributed by atoms with Crippen molar-refractivity contribution in [1.82, 2.24) is 9.80 Å². The Bertz CT molecular complexity index is 402. The van der Waals surface area contributed by atoms with Crippen LogP contribution in [-0.4, -0.2) is 43.0 Å². The zero-order valence-electron chi connectivity index (χ0n) is 12.4. The molecule has 2 nitrogen and oxygen atoms in total. The first kappa shape index (κ1) is 14.8. The highest BCUT2D eigenvalue weighted by molar-refractivity contribution is 6.30. The molecule has 106 valence electrons. The molecule has 1 fully saturated rings. The van der Waals surface area contributed by atoms with E-state index in [1.54, 1.807) is 0 Å². The lowest BCUT2D eigenvalue weighted by molar-refractivity contribution is 0.212. The van der Waals surface area contributed by atoms with E-state index < -0.39 is 0 Å². The van der Waals surface area contributed by atoms with Crippen LogP contribution in [0.4, 0.5) is 0 Å². The summed E-state index contributed by atoms with van der Waals surface area (Å²) in [7, 11) is 4.38. The second-order valence-electron chi connectivity index (χ2n) is 5.94. The Labute approximate surface area is 122 Å². The van der Waals surface area contributed by atoms with Crippen molar-refractivity contribution < 1.29 is 0 Å². The molecule has 1 aliphatic heterocycles. The molecule has 3 heteroatoms. The van der Waals surface area contributed by atoms with E-state index in [4.69, 9.17) is 11.6 Å². The van der Waals surface area contributed by atoms with Crippen LogP contribution in [0, 0.1) is 5.92 Å². The maximum Gasteiger partial charge on any atom is 0.0406 e. The summed E-state index contributed by atoms with van der Waals surface area (Å²) in [5, 5.41) is 0.819. The molecular formula is C16H25ClN2. The highest BCUT2D eigenvalue weighted by Gasteiger charge is 2.34. The zero-order valence-corrected chi connectivity index (χ0v) is 13.2. The van der Waals surface area contributed by atoms with E-state index in [-0.39, 0.29) is 0 Å². The molecular weight excluding hydrogens is 256 g/mol. The first-order valence-electron chi connectivity index (χ1n) is 7.18. The molecule has 0 bridgehead atoms. The predicted octanol–water partition coefficient (Wildman–Crippen LogP) is 3.67. The fourth-order valence-corrected chi connectivity index (χ4v) is 3.43. The summed E-state index contributed by atoms with van der Waals surface area (Å²) in [4.78, 5) is 4.98. The van der Waals surface area contributed by atoms with Gasteiger partial charge >= 0.3 is 0 Å². The minimum Gasteiger partial charge on any atom is -0.305 e. The van der Waals surface area contributed by atoms with Gasteiger partial charge in [0.15, 0.2) is 0 Å². The van der Waals surface area contributed by atoms with Gasteiger partial charge in [0.25, 0.3) is 0 Å². The van der Waals surface area contributed by atoms with Crippen molar-refractivity contribution in [3.8, 4) is 0 Å². The van der Waals surface area contributed by atoms with Crippen LogP contribution in [-0.2, 0) is 0 Å². The fourth-order valence-electron chi connectivity index (χ4n) is 3.30. The van der Waals surface area contributed by atoms with Gasteiger partial charge in [0.2, 0.25) is 0 Å². The van der Waals surface area contributed by atoms with Gasteiger partial charge in [0.05, 0.1) is 0 Å². The third-order valence-electron chi connectivity index (χ3n) is 4.35. The van der Waals surface area contributed by atoms with Gasteiger partial charge in [-0.05, 0) is 44.1 Å². The summed E-state index contributed by atoms with van der Waals surface area (Å²) in [6, 6.07) is 9.53. The third-order valence-corrected chi connectivity index (χ3v) is 4.60. The molecule has 1 heterocycles. The molecule has 0 unspecified atom stereocenters. The highest BCUT2D eigenvalue weighted by atomic mass is 35.5. The standard InChI is InChI=1S/C16H25ClN2/c1-5-15(13-6-8-14(17)9-7-13)19-10-12(2)16(11-19)18(3)4/h6-9,12,15-16H,5,10-11H2,1-4H3/t12-,15+,16+/m0/s1. The summed E-state index contributed by atoms with van der Waals surface area (Å²) in [5.74, 6) is 0.733. The molecule has 1 aromatic rings. The second-order valence-corrected chi connectivity index (χ2v) is 6.37. The maximum atomic E-state index is 5.99. The highest BCUT2D eigenvalue weighted by Crippen LogP contribution is 2.31. The molecule has 0 spiro atoms. The van der Waals surface area contributed by atoms with E-state index >= 15 is 0 Å². The van der Waals surface area contributed by atoms with Crippen LogP contribution < -0.4 is 0 Å². The van der Waals surface area contributed by atoms with Crippen molar-refractivity contribution in [1.29, 1.82) is 0 Å². The molecule has 0 saturated carbocycles. The topological polar surface area (TPSA) is 6.48 Å². The second kappa shape index (κ2) is 6.25. The summed E-state index contributed by atoms with van der Waals surface area (Å²) in [6.07, 6.45) is 1.15. The summed E-state index contributed by atoms with van der Waals surface area (Å²) in [6.45, 7) is 6.98. The first-order chi connectivity index (χ1) is 9.02. The van der Waals surface area contributed by atoms with Gasteiger partial charge in [-0.2, -0.15) is 0 Å². The van der Waals surface area contributed by atoms with Gasteiger partial charge in [0.1, 0.15) is 0 Å². The van der Waals surface area contributed by atoms with E-state index in [1.165, 1.54) is 12.1 Å². The average molecular weight is 281 g/mol. The van der Waals surface area contributed by atoms with Crippen molar-refractivity contribution >= 4 is 11.6 Å². The minimum atomic E-state index is 0.518. The van der Waals surface area contributed by atoms with Gasteiger partial charge in [-0.1, -0.05) is 37.6 Å². The first-order valence-corrected chi connectivity index (χ1v) is 7.56. The Hall–Kier alpha value is -0.570. The average Bonchev–Trinajstić information content (AvgIpc) is 2.75. The fraction of sp³-hybridized carbons (Fsp3) is 0.625. The van der Waals surface area contributed by atoms with E-state index in [1.807, 2.05) is 12.1 Å². The van der Waals surface area contributed by atoms with Crippen LogP contribution in [0.5, 0.6) is 0 Å². The van der Waals surface area contributed by atoms with E-state index in [9.17, 15) is 0 Å². The number of likely N-dealkylation sites (tertiary alicyclic amines) is 1. The summed E-state index contributed by atoms with van der Waals surface area (Å²) in [5.41, 5.74) is 1.39. The molecule has 0 aromatic heterocycles. The number of halogens is 1.